The molecule has 2 aromatic rings. The number of hydrogen-bond acceptors (Lipinski definition) is 5. The Morgan fingerprint density at radius 1 is 1.19 bits per heavy atom. The number of halogens is 1. The van der Waals surface area contributed by atoms with Crippen molar-refractivity contribution in [1.82, 2.24) is 0 Å². The van der Waals surface area contributed by atoms with Crippen LogP contribution >= 0.6 is 27.7 Å². The van der Waals surface area contributed by atoms with Gasteiger partial charge in [0.15, 0.2) is 16.1 Å². The maximum absolute atomic E-state index is 11.8. The Kier molecular flexibility index (Phi) is 3.98. The second kappa shape index (κ2) is 5.91. The van der Waals surface area contributed by atoms with E-state index in [1.165, 1.54) is 0 Å². The fraction of sp³-hybridized carbons (Fsp3) is 0.0667. The van der Waals surface area contributed by atoms with Crippen LogP contribution in [0, 0.1) is 0 Å². The number of nitrogens with zero attached hydrogens (tertiary/aromatic N) is 1. The van der Waals surface area contributed by atoms with Gasteiger partial charge in [0.2, 0.25) is 0 Å². The zero-order valence-electron chi connectivity index (χ0n) is 11.0. The summed E-state index contributed by atoms with van der Waals surface area (Å²) in [6, 6.07) is 11.3. The van der Waals surface area contributed by atoms with Gasteiger partial charge in [-0.1, -0.05) is 12.1 Å². The Bertz CT molecular complexity index is 747. The van der Waals surface area contributed by atoms with Gasteiger partial charge in [0.1, 0.15) is 0 Å². The van der Waals surface area contributed by atoms with Crippen molar-refractivity contribution in [3.8, 4) is 0 Å². The number of hydrogen-bond donors (Lipinski definition) is 0. The van der Waals surface area contributed by atoms with E-state index in [2.05, 4.69) is 20.9 Å². The molecule has 0 spiro atoms. The lowest BCUT2D eigenvalue weighted by molar-refractivity contribution is -0.130. The largest absolute Gasteiger partial charge is 0.444 e. The first-order valence-electron chi connectivity index (χ1n) is 6.08. The molecule has 0 aliphatic carbocycles. The van der Waals surface area contributed by atoms with Crippen LogP contribution in [0.2, 0.25) is 0 Å². The summed E-state index contributed by atoms with van der Waals surface area (Å²) in [7, 11) is 0. The monoisotopic (exact) mass is 363 g/mol. The van der Waals surface area contributed by atoms with Crippen molar-refractivity contribution in [2.75, 3.05) is 6.26 Å². The molecule has 106 valence electrons. The lowest BCUT2D eigenvalue weighted by Gasteiger charge is -1.97. The van der Waals surface area contributed by atoms with Crippen molar-refractivity contribution >= 4 is 45.6 Å². The molecule has 1 aliphatic rings. The highest BCUT2D eigenvalue weighted by Crippen LogP contribution is 2.23. The quantitative estimate of drug-likeness (QED) is 0.467. The number of carbonyl (C=O) groups is 1. The highest BCUT2D eigenvalue weighted by atomic mass is 79.9. The highest BCUT2D eigenvalue weighted by Gasteiger charge is 2.26. The van der Waals surface area contributed by atoms with E-state index < -0.39 is 5.97 Å². The first-order valence-corrected chi connectivity index (χ1v) is 8.10. The molecule has 0 fully saturated rings. The molecule has 1 aliphatic heterocycles. The van der Waals surface area contributed by atoms with E-state index >= 15 is 0 Å². The van der Waals surface area contributed by atoms with Gasteiger partial charge in [-0.05, 0) is 58.1 Å². The molecular weight excluding hydrogens is 354 g/mol. The van der Waals surface area contributed by atoms with Crippen LogP contribution in [-0.4, -0.2) is 18.1 Å². The summed E-state index contributed by atoms with van der Waals surface area (Å²) in [6.07, 6.45) is 3.71. The molecule has 6 heteroatoms. The summed E-state index contributed by atoms with van der Waals surface area (Å²) in [5.41, 5.74) is 1.15. The van der Waals surface area contributed by atoms with E-state index in [-0.39, 0.29) is 11.6 Å². The molecule has 2 heterocycles. The van der Waals surface area contributed by atoms with Crippen LogP contribution in [0.1, 0.15) is 11.3 Å². The minimum absolute atomic E-state index is 0.178. The van der Waals surface area contributed by atoms with Crippen molar-refractivity contribution < 1.29 is 13.9 Å². The molecule has 21 heavy (non-hydrogen) atoms. The van der Waals surface area contributed by atoms with Gasteiger partial charge in [0.05, 0.1) is 0 Å². The Hall–Kier alpha value is -1.79. The van der Waals surface area contributed by atoms with Gasteiger partial charge in [0, 0.05) is 4.90 Å². The molecular formula is C15H10BrNO3S. The summed E-state index contributed by atoms with van der Waals surface area (Å²) in [5.74, 6) is 0.112. The Balaban J connectivity index is 1.88. The molecule has 1 aromatic heterocycles. The molecule has 0 saturated carbocycles. The lowest BCUT2D eigenvalue weighted by atomic mass is 10.2. The van der Waals surface area contributed by atoms with E-state index in [4.69, 9.17) is 9.15 Å². The van der Waals surface area contributed by atoms with Crippen LogP contribution in [0.25, 0.3) is 6.08 Å². The third-order valence-corrected chi connectivity index (χ3v) is 3.99. The van der Waals surface area contributed by atoms with Gasteiger partial charge in [-0.3, -0.25) is 0 Å². The van der Waals surface area contributed by atoms with Gasteiger partial charge in [-0.2, -0.15) is 0 Å². The zero-order valence-corrected chi connectivity index (χ0v) is 13.4. The topological polar surface area (TPSA) is 51.8 Å². The average Bonchev–Trinajstić information content (AvgIpc) is 3.07. The van der Waals surface area contributed by atoms with Crippen molar-refractivity contribution in [3.63, 3.8) is 0 Å². The summed E-state index contributed by atoms with van der Waals surface area (Å²) < 4.78 is 11.0. The first-order chi connectivity index (χ1) is 10.2. The lowest BCUT2D eigenvalue weighted by Crippen LogP contribution is -2.04. The van der Waals surface area contributed by atoms with Gasteiger partial charge in [0.25, 0.3) is 5.90 Å². The standard InChI is InChI=1S/C15H10BrNO3S/c1-21-10-4-2-9(3-5-10)8-11-15(18)20-14(17-11)12-6-7-13(16)19-12/h2-8H,1H3/b11-8+. The van der Waals surface area contributed by atoms with Crippen LogP contribution in [0.4, 0.5) is 0 Å². The van der Waals surface area contributed by atoms with Crippen LogP contribution in [-0.2, 0) is 9.53 Å². The van der Waals surface area contributed by atoms with E-state index in [0.717, 1.165) is 10.5 Å². The third-order valence-electron chi connectivity index (χ3n) is 2.82. The van der Waals surface area contributed by atoms with Crippen LogP contribution < -0.4 is 0 Å². The zero-order chi connectivity index (χ0) is 14.8. The molecule has 1 aromatic carbocycles. The molecule has 3 rings (SSSR count). The minimum Gasteiger partial charge on any atom is -0.444 e. The van der Waals surface area contributed by atoms with Gasteiger partial charge >= 0.3 is 5.97 Å². The number of carbonyl (C=O) groups excluding carboxylic acids is 1. The van der Waals surface area contributed by atoms with E-state index in [9.17, 15) is 4.79 Å². The molecule has 0 unspecified atom stereocenters. The van der Waals surface area contributed by atoms with Crippen LogP contribution in [0.5, 0.6) is 0 Å². The maximum Gasteiger partial charge on any atom is 0.363 e. The number of aliphatic imine (C=N–C) groups is 1. The smallest absolute Gasteiger partial charge is 0.363 e. The van der Waals surface area contributed by atoms with E-state index in [0.29, 0.717) is 10.4 Å². The summed E-state index contributed by atoms with van der Waals surface area (Å²) in [5, 5.41) is 0. The van der Waals surface area contributed by atoms with Crippen LogP contribution in [0.15, 0.2) is 61.1 Å². The fourth-order valence-electron chi connectivity index (χ4n) is 1.80. The van der Waals surface area contributed by atoms with E-state index in [1.807, 2.05) is 30.5 Å². The number of furan rings is 1. The molecule has 0 N–H and O–H groups in total. The Morgan fingerprint density at radius 3 is 2.57 bits per heavy atom. The van der Waals surface area contributed by atoms with Crippen LogP contribution in [0.3, 0.4) is 0 Å². The molecule has 0 bridgehead atoms. The average molecular weight is 364 g/mol. The predicted octanol–water partition coefficient (Wildman–Crippen LogP) is 4.11. The number of rotatable bonds is 3. The highest BCUT2D eigenvalue weighted by molar-refractivity contribution is 9.10. The number of esters is 1. The van der Waals surface area contributed by atoms with Crippen molar-refractivity contribution in [1.29, 1.82) is 0 Å². The molecule has 4 nitrogen and oxygen atoms in total. The minimum atomic E-state index is -0.480. The summed E-state index contributed by atoms with van der Waals surface area (Å²) in [6.45, 7) is 0. The van der Waals surface area contributed by atoms with Crippen molar-refractivity contribution in [2.45, 2.75) is 4.90 Å². The maximum atomic E-state index is 11.8. The fourth-order valence-corrected chi connectivity index (χ4v) is 2.52. The SMILES string of the molecule is CSc1ccc(/C=C2/N=C(c3ccc(Br)o3)OC2=O)cc1. The Morgan fingerprint density at radius 2 is 1.95 bits per heavy atom. The van der Waals surface area contributed by atoms with Gasteiger partial charge in [-0.25, -0.2) is 9.79 Å². The number of cyclic esters (lactones) is 1. The number of thioether (sulfide) groups is 1. The molecule has 0 saturated heterocycles. The van der Waals surface area contributed by atoms with Crippen molar-refractivity contribution in [3.05, 3.63) is 58.1 Å². The predicted molar refractivity (Wildman–Crippen MR) is 85.2 cm³/mol. The second-order valence-electron chi connectivity index (χ2n) is 4.21. The van der Waals surface area contributed by atoms with E-state index in [1.54, 1.807) is 30.0 Å². The molecule has 0 amide bonds. The Labute approximate surface area is 134 Å². The number of benzene rings is 1. The van der Waals surface area contributed by atoms with Gasteiger partial charge in [-0.15, -0.1) is 11.8 Å². The second-order valence-corrected chi connectivity index (χ2v) is 5.87. The summed E-state index contributed by atoms with van der Waals surface area (Å²) >= 11 is 4.86. The molecule has 0 radical (unpaired) electrons. The normalized spacial score (nSPS) is 16.2. The van der Waals surface area contributed by atoms with Gasteiger partial charge < -0.3 is 9.15 Å². The first kappa shape index (κ1) is 14.2. The summed E-state index contributed by atoms with van der Waals surface area (Å²) in [4.78, 5) is 17.2. The number of ether oxygens (including phenoxy) is 1. The van der Waals surface area contributed by atoms with Crippen molar-refractivity contribution in [2.24, 2.45) is 4.99 Å². The molecule has 0 atom stereocenters. The third kappa shape index (κ3) is 3.11.